The van der Waals surface area contributed by atoms with E-state index < -0.39 is 0 Å². The van der Waals surface area contributed by atoms with Crippen LogP contribution in [0, 0.1) is 0 Å². The molecule has 0 fully saturated rings. The lowest BCUT2D eigenvalue weighted by molar-refractivity contribution is 0.967. The average molecular weight is 188 g/mol. The van der Waals surface area contributed by atoms with Crippen LogP contribution in [0.1, 0.15) is 19.7 Å². The Balaban J connectivity index is 0.000000461. The molecule has 0 bridgehead atoms. The molecule has 1 aliphatic heterocycles. The molecule has 3 heteroatoms. The second-order valence-corrected chi connectivity index (χ2v) is 2.33. The van der Waals surface area contributed by atoms with E-state index in [9.17, 15) is 4.79 Å². The van der Waals surface area contributed by atoms with E-state index in [0.717, 1.165) is 0 Å². The molecule has 0 aliphatic carbocycles. The molecule has 14 heavy (non-hydrogen) atoms. The highest BCUT2D eigenvalue weighted by molar-refractivity contribution is 5.48. The van der Waals surface area contributed by atoms with Gasteiger partial charge in [-0.3, -0.25) is 9.36 Å². The molecule has 0 atom stereocenters. The summed E-state index contributed by atoms with van der Waals surface area (Å²) in [4.78, 5) is 15.2. The maximum absolute atomic E-state index is 11.2. The van der Waals surface area contributed by atoms with Crippen LogP contribution < -0.4 is 5.56 Å². The van der Waals surface area contributed by atoms with Crippen LogP contribution in [-0.2, 0) is 0 Å². The van der Waals surface area contributed by atoms with E-state index >= 15 is 0 Å². The smallest absolute Gasteiger partial charge is 0.257 e. The molecule has 1 aromatic heterocycles. The first-order valence-electron chi connectivity index (χ1n) is 4.55. The second kappa shape index (κ2) is 5.00. The standard InChI is InChI=1S/C9H6N2O.C2H6/c12-9-5-6-10-8-4-2-1-3-7-11(8)9;1-2/h1,3-7H;1-2H3. The molecule has 0 amide bonds. The zero-order valence-corrected chi connectivity index (χ0v) is 8.27. The van der Waals surface area contributed by atoms with Crippen molar-refractivity contribution in [2.24, 2.45) is 0 Å². The lowest BCUT2D eigenvalue weighted by Crippen LogP contribution is -2.16. The summed E-state index contributed by atoms with van der Waals surface area (Å²) in [5.41, 5.74) is 2.79. The van der Waals surface area contributed by atoms with Crippen LogP contribution in [0.15, 0.2) is 34.9 Å². The molecule has 2 heterocycles. The summed E-state index contributed by atoms with van der Waals surface area (Å²) in [6.45, 7) is 4.00. The minimum Gasteiger partial charge on any atom is -0.269 e. The van der Waals surface area contributed by atoms with Crippen LogP contribution in [0.4, 0.5) is 0 Å². The van der Waals surface area contributed by atoms with Gasteiger partial charge in [-0.1, -0.05) is 13.8 Å². The largest absolute Gasteiger partial charge is 0.269 e. The van der Waals surface area contributed by atoms with Crippen molar-refractivity contribution in [3.63, 3.8) is 0 Å². The molecule has 0 N–H and O–H groups in total. The first-order chi connectivity index (χ1) is 6.88. The summed E-state index contributed by atoms with van der Waals surface area (Å²) >= 11 is 0. The highest BCUT2D eigenvalue weighted by atomic mass is 16.1. The van der Waals surface area contributed by atoms with E-state index in [0.29, 0.717) is 5.82 Å². The predicted octanol–water partition coefficient (Wildman–Crippen LogP) is 1.92. The molecule has 3 nitrogen and oxygen atoms in total. The van der Waals surface area contributed by atoms with E-state index in [1.165, 1.54) is 16.8 Å². The van der Waals surface area contributed by atoms with Gasteiger partial charge in [-0.15, -0.1) is 5.73 Å². The molecule has 0 saturated heterocycles. The van der Waals surface area contributed by atoms with Crippen molar-refractivity contribution in [2.75, 3.05) is 0 Å². The Morgan fingerprint density at radius 1 is 1.43 bits per heavy atom. The fraction of sp³-hybridized carbons (Fsp3) is 0.182. The van der Waals surface area contributed by atoms with Crippen molar-refractivity contribution < 1.29 is 0 Å². The van der Waals surface area contributed by atoms with Crippen molar-refractivity contribution >= 4 is 12.3 Å². The minimum atomic E-state index is -0.0791. The highest BCUT2D eigenvalue weighted by Gasteiger charge is 1.97. The number of rotatable bonds is 0. The number of allylic oxidation sites excluding steroid dienone is 2. The average Bonchev–Trinajstić information content (AvgIpc) is 2.47. The Labute approximate surface area is 82.7 Å². The Hall–Kier alpha value is -1.86. The highest BCUT2D eigenvalue weighted by Crippen LogP contribution is 1.98. The maximum atomic E-state index is 11.2. The Morgan fingerprint density at radius 3 is 3.00 bits per heavy atom. The summed E-state index contributed by atoms with van der Waals surface area (Å²) < 4.78 is 1.47. The van der Waals surface area contributed by atoms with E-state index in [4.69, 9.17) is 0 Å². The zero-order valence-electron chi connectivity index (χ0n) is 8.27. The van der Waals surface area contributed by atoms with Gasteiger partial charge in [0.05, 0.1) is 0 Å². The third-order valence-corrected chi connectivity index (χ3v) is 1.55. The SMILES string of the molecule is CC.O=c1ccnc2n1C=CC=C=C2. The first kappa shape index (κ1) is 10.2. The molecule has 0 saturated carbocycles. The van der Waals surface area contributed by atoms with Crippen molar-refractivity contribution in [1.29, 1.82) is 0 Å². The molecule has 2 rings (SSSR count). The lowest BCUT2D eigenvalue weighted by atomic mass is 10.5. The van der Waals surface area contributed by atoms with Crippen molar-refractivity contribution in [3.8, 4) is 0 Å². The number of nitrogens with zero attached hydrogens (tertiary/aromatic N) is 2. The van der Waals surface area contributed by atoms with Crippen LogP contribution in [0.5, 0.6) is 0 Å². The number of hydrogen-bond acceptors (Lipinski definition) is 2. The van der Waals surface area contributed by atoms with Gasteiger partial charge < -0.3 is 0 Å². The molecule has 0 aromatic carbocycles. The third kappa shape index (κ3) is 2.09. The zero-order chi connectivity index (χ0) is 10.4. The molecule has 1 aromatic rings. The monoisotopic (exact) mass is 188 g/mol. The lowest BCUT2D eigenvalue weighted by Gasteiger charge is -1.99. The normalized spacial score (nSPS) is 11.3. The molecule has 72 valence electrons. The van der Waals surface area contributed by atoms with Gasteiger partial charge in [-0.25, -0.2) is 4.98 Å². The van der Waals surface area contributed by atoms with Crippen LogP contribution in [0.2, 0.25) is 0 Å². The van der Waals surface area contributed by atoms with E-state index in [2.05, 4.69) is 10.7 Å². The number of aromatic nitrogens is 2. The predicted molar refractivity (Wildman–Crippen MR) is 57.7 cm³/mol. The summed E-state index contributed by atoms with van der Waals surface area (Å²) in [6.07, 6.45) is 8.30. The summed E-state index contributed by atoms with van der Waals surface area (Å²) in [5, 5.41) is 0. The van der Waals surface area contributed by atoms with Crippen LogP contribution in [0.3, 0.4) is 0 Å². The number of hydrogen-bond donors (Lipinski definition) is 0. The van der Waals surface area contributed by atoms with Gasteiger partial charge in [-0.2, -0.15) is 0 Å². The van der Waals surface area contributed by atoms with Crippen LogP contribution in [0.25, 0.3) is 12.3 Å². The van der Waals surface area contributed by atoms with Gasteiger partial charge in [0.25, 0.3) is 5.56 Å². The summed E-state index contributed by atoms with van der Waals surface area (Å²) in [7, 11) is 0. The van der Waals surface area contributed by atoms with Gasteiger partial charge in [0.15, 0.2) is 0 Å². The molecular formula is C11H12N2O. The molecule has 1 aliphatic rings. The van der Waals surface area contributed by atoms with E-state index in [-0.39, 0.29) is 5.56 Å². The fourth-order valence-electron chi connectivity index (χ4n) is 0.997. The van der Waals surface area contributed by atoms with Crippen molar-refractivity contribution in [2.45, 2.75) is 13.8 Å². The van der Waals surface area contributed by atoms with Crippen LogP contribution >= 0.6 is 0 Å². The minimum absolute atomic E-state index is 0.0791. The van der Waals surface area contributed by atoms with Gasteiger partial charge in [0, 0.05) is 24.5 Å². The van der Waals surface area contributed by atoms with Crippen LogP contribution in [-0.4, -0.2) is 9.55 Å². The van der Waals surface area contributed by atoms with Gasteiger partial charge in [-0.05, 0) is 12.2 Å². The number of fused-ring (bicyclic) bond motifs is 1. The molecule has 0 spiro atoms. The Kier molecular flexibility index (Phi) is 3.65. The van der Waals surface area contributed by atoms with E-state index in [1.54, 1.807) is 24.4 Å². The molecular weight excluding hydrogens is 176 g/mol. The Bertz CT molecular complexity index is 449. The van der Waals surface area contributed by atoms with Gasteiger partial charge in [0.1, 0.15) is 5.82 Å². The fourth-order valence-corrected chi connectivity index (χ4v) is 0.997. The Morgan fingerprint density at radius 2 is 2.21 bits per heavy atom. The van der Waals surface area contributed by atoms with Crippen molar-refractivity contribution in [3.05, 3.63) is 46.3 Å². The van der Waals surface area contributed by atoms with Crippen molar-refractivity contribution in [1.82, 2.24) is 9.55 Å². The van der Waals surface area contributed by atoms with Gasteiger partial charge >= 0.3 is 0 Å². The second-order valence-electron chi connectivity index (χ2n) is 2.33. The summed E-state index contributed by atoms with van der Waals surface area (Å²) in [5.74, 6) is 0.604. The maximum Gasteiger partial charge on any atom is 0.257 e. The van der Waals surface area contributed by atoms with E-state index in [1.807, 2.05) is 13.8 Å². The topological polar surface area (TPSA) is 34.9 Å². The third-order valence-electron chi connectivity index (χ3n) is 1.55. The quantitative estimate of drug-likeness (QED) is 0.583. The van der Waals surface area contributed by atoms with Gasteiger partial charge in [0.2, 0.25) is 0 Å². The molecule has 0 unspecified atom stereocenters. The first-order valence-corrected chi connectivity index (χ1v) is 4.55. The summed E-state index contributed by atoms with van der Waals surface area (Å²) in [6, 6.07) is 1.42. The molecule has 0 radical (unpaired) electrons.